The molecule has 1 fully saturated rings. The van der Waals surface area contributed by atoms with Gasteiger partial charge in [-0.2, -0.15) is 0 Å². The van der Waals surface area contributed by atoms with Gasteiger partial charge in [0, 0.05) is 41.7 Å². The fourth-order valence-corrected chi connectivity index (χ4v) is 4.93. The van der Waals surface area contributed by atoms with E-state index < -0.39 is 0 Å². The van der Waals surface area contributed by atoms with Gasteiger partial charge in [-0.05, 0) is 55.5 Å². The Bertz CT molecular complexity index is 1160. The molecule has 3 aromatic carbocycles. The van der Waals surface area contributed by atoms with Crippen LogP contribution in [0.1, 0.15) is 15.9 Å². The second kappa shape index (κ2) is 11.2. The third kappa shape index (κ3) is 6.06. The van der Waals surface area contributed by atoms with Crippen LogP contribution in [0.2, 0.25) is 10.0 Å². The second-order valence-corrected chi connectivity index (χ2v) is 9.96. The van der Waals surface area contributed by atoms with E-state index in [4.69, 9.17) is 23.2 Å². The molecular formula is C26H25Cl2N3O2S. The number of para-hydroxylation sites is 1. The average Bonchev–Trinajstić information content (AvgIpc) is 2.84. The summed E-state index contributed by atoms with van der Waals surface area (Å²) in [5, 5.41) is 4.24. The van der Waals surface area contributed by atoms with Gasteiger partial charge in [0.05, 0.1) is 22.2 Å². The van der Waals surface area contributed by atoms with Crippen LogP contribution in [0.4, 0.5) is 11.4 Å². The third-order valence-corrected chi connectivity index (χ3v) is 7.20. The number of nitrogens with zero attached hydrogens (tertiary/aromatic N) is 2. The van der Waals surface area contributed by atoms with Crippen LogP contribution in [0.3, 0.4) is 0 Å². The molecule has 0 aromatic heterocycles. The molecule has 176 valence electrons. The van der Waals surface area contributed by atoms with Crippen LogP contribution in [0.25, 0.3) is 0 Å². The zero-order valence-corrected chi connectivity index (χ0v) is 21.1. The van der Waals surface area contributed by atoms with E-state index in [9.17, 15) is 9.59 Å². The van der Waals surface area contributed by atoms with Crippen molar-refractivity contribution < 1.29 is 9.59 Å². The molecule has 34 heavy (non-hydrogen) atoms. The Morgan fingerprint density at radius 3 is 2.26 bits per heavy atom. The summed E-state index contributed by atoms with van der Waals surface area (Å²) in [6, 6.07) is 20.5. The third-order valence-electron chi connectivity index (χ3n) is 5.63. The molecule has 1 heterocycles. The monoisotopic (exact) mass is 513 g/mol. The van der Waals surface area contributed by atoms with Gasteiger partial charge in [0.15, 0.2) is 0 Å². The summed E-state index contributed by atoms with van der Waals surface area (Å²) in [4.78, 5) is 30.5. The number of thioether (sulfide) groups is 1. The van der Waals surface area contributed by atoms with Gasteiger partial charge in [0.2, 0.25) is 5.91 Å². The zero-order valence-electron chi connectivity index (χ0n) is 18.8. The van der Waals surface area contributed by atoms with E-state index in [1.165, 1.54) is 11.8 Å². The lowest BCUT2D eigenvalue weighted by atomic mass is 10.1. The summed E-state index contributed by atoms with van der Waals surface area (Å²) in [5.41, 5.74) is 3.29. The van der Waals surface area contributed by atoms with Gasteiger partial charge in [-0.3, -0.25) is 9.59 Å². The highest BCUT2D eigenvalue weighted by molar-refractivity contribution is 8.00. The highest BCUT2D eigenvalue weighted by Gasteiger charge is 2.25. The van der Waals surface area contributed by atoms with E-state index in [2.05, 4.69) is 10.2 Å². The summed E-state index contributed by atoms with van der Waals surface area (Å²) in [6.45, 7) is 4.42. The summed E-state index contributed by atoms with van der Waals surface area (Å²) in [7, 11) is 0. The predicted octanol–water partition coefficient (Wildman–Crippen LogP) is 6.00. The average molecular weight is 514 g/mol. The fourth-order valence-electron chi connectivity index (χ4n) is 3.82. The quantitative estimate of drug-likeness (QED) is 0.411. The smallest absolute Gasteiger partial charge is 0.253 e. The fraction of sp³-hybridized carbons (Fsp3) is 0.231. The lowest BCUT2D eigenvalue weighted by Gasteiger charge is -2.37. The molecule has 4 rings (SSSR count). The minimum absolute atomic E-state index is 0.0339. The van der Waals surface area contributed by atoms with Crippen molar-refractivity contribution in [3.8, 4) is 0 Å². The number of halogens is 2. The molecule has 0 atom stereocenters. The number of rotatable bonds is 6. The van der Waals surface area contributed by atoms with Crippen LogP contribution in [0.15, 0.2) is 71.6 Å². The van der Waals surface area contributed by atoms with Crippen molar-refractivity contribution in [3.63, 3.8) is 0 Å². The molecule has 1 N–H and O–H groups in total. The number of carbonyl (C=O) groups excluding carboxylic acids is 2. The maximum absolute atomic E-state index is 12.9. The second-order valence-electron chi connectivity index (χ2n) is 8.07. The molecule has 0 unspecified atom stereocenters. The van der Waals surface area contributed by atoms with E-state index in [1.807, 2.05) is 66.4 Å². The number of benzene rings is 3. The molecule has 8 heteroatoms. The SMILES string of the molecule is Cc1ccc(C(=O)N2CCN(c3c(Cl)cccc3NC(=O)CSc3ccc(Cl)cc3)CC2)cc1. The van der Waals surface area contributed by atoms with Gasteiger partial charge in [-0.1, -0.05) is 47.0 Å². The summed E-state index contributed by atoms with van der Waals surface area (Å²) >= 11 is 13.9. The Balaban J connectivity index is 1.39. The molecule has 0 saturated carbocycles. The lowest BCUT2D eigenvalue weighted by molar-refractivity contribution is -0.113. The van der Waals surface area contributed by atoms with E-state index in [0.717, 1.165) is 16.1 Å². The van der Waals surface area contributed by atoms with Gasteiger partial charge >= 0.3 is 0 Å². The van der Waals surface area contributed by atoms with E-state index >= 15 is 0 Å². The highest BCUT2D eigenvalue weighted by Crippen LogP contribution is 2.35. The summed E-state index contributed by atoms with van der Waals surface area (Å²) < 4.78 is 0. The molecule has 1 aliphatic rings. The first-order valence-corrected chi connectivity index (χ1v) is 12.7. The molecule has 2 amide bonds. The number of amides is 2. The Hall–Kier alpha value is -2.67. The first-order chi connectivity index (χ1) is 16.4. The molecule has 0 aliphatic carbocycles. The van der Waals surface area contributed by atoms with Gasteiger partial charge in [0.25, 0.3) is 5.91 Å². The van der Waals surface area contributed by atoms with E-state index in [0.29, 0.717) is 47.5 Å². The van der Waals surface area contributed by atoms with Crippen molar-refractivity contribution in [2.75, 3.05) is 42.1 Å². The van der Waals surface area contributed by atoms with Crippen molar-refractivity contribution in [1.29, 1.82) is 0 Å². The number of aryl methyl sites for hydroxylation is 1. The summed E-state index contributed by atoms with van der Waals surface area (Å²) in [6.07, 6.45) is 0. The Morgan fingerprint density at radius 1 is 0.912 bits per heavy atom. The number of carbonyl (C=O) groups is 2. The number of piperazine rings is 1. The normalized spacial score (nSPS) is 13.6. The number of hydrogen-bond donors (Lipinski definition) is 1. The minimum atomic E-state index is -0.114. The maximum Gasteiger partial charge on any atom is 0.253 e. The van der Waals surface area contributed by atoms with Crippen LogP contribution < -0.4 is 10.2 Å². The number of nitrogens with one attached hydrogen (secondary N) is 1. The van der Waals surface area contributed by atoms with Gasteiger partial charge in [0.1, 0.15) is 0 Å². The Morgan fingerprint density at radius 2 is 1.59 bits per heavy atom. The molecule has 0 bridgehead atoms. The zero-order chi connectivity index (χ0) is 24.1. The topological polar surface area (TPSA) is 52.7 Å². The number of hydrogen-bond acceptors (Lipinski definition) is 4. The largest absolute Gasteiger partial charge is 0.365 e. The molecule has 0 spiro atoms. The van der Waals surface area contributed by atoms with Crippen molar-refractivity contribution in [2.24, 2.45) is 0 Å². The first kappa shape index (κ1) is 24.5. The van der Waals surface area contributed by atoms with Crippen molar-refractivity contribution in [2.45, 2.75) is 11.8 Å². The lowest BCUT2D eigenvalue weighted by Crippen LogP contribution is -2.49. The molecule has 1 aliphatic heterocycles. The van der Waals surface area contributed by atoms with E-state index in [-0.39, 0.29) is 17.6 Å². The van der Waals surface area contributed by atoms with Crippen LogP contribution in [-0.4, -0.2) is 48.6 Å². The molecular weight excluding hydrogens is 489 g/mol. The van der Waals surface area contributed by atoms with E-state index in [1.54, 1.807) is 12.1 Å². The van der Waals surface area contributed by atoms with Crippen LogP contribution in [0.5, 0.6) is 0 Å². The van der Waals surface area contributed by atoms with Crippen LogP contribution >= 0.6 is 35.0 Å². The van der Waals surface area contributed by atoms with Crippen LogP contribution in [0, 0.1) is 6.92 Å². The molecule has 3 aromatic rings. The number of anilines is 2. The molecule has 1 saturated heterocycles. The Kier molecular flexibility index (Phi) is 8.03. The van der Waals surface area contributed by atoms with Gasteiger partial charge in [-0.15, -0.1) is 11.8 Å². The maximum atomic E-state index is 12.9. The first-order valence-electron chi connectivity index (χ1n) is 11.0. The van der Waals surface area contributed by atoms with Crippen molar-refractivity contribution in [3.05, 3.63) is 87.9 Å². The highest BCUT2D eigenvalue weighted by atomic mass is 35.5. The van der Waals surface area contributed by atoms with Crippen molar-refractivity contribution >= 4 is 58.2 Å². The van der Waals surface area contributed by atoms with Crippen LogP contribution in [-0.2, 0) is 4.79 Å². The summed E-state index contributed by atoms with van der Waals surface area (Å²) in [5.74, 6) is 0.190. The standard InChI is InChI=1S/C26H25Cl2N3O2S/c1-18-5-7-19(8-6-18)26(33)31-15-13-30(14-16-31)25-22(28)3-2-4-23(25)29-24(32)17-34-21-11-9-20(27)10-12-21/h2-12H,13-17H2,1H3,(H,29,32). The molecule has 0 radical (unpaired) electrons. The molecule has 5 nitrogen and oxygen atoms in total. The van der Waals surface area contributed by atoms with Crippen molar-refractivity contribution in [1.82, 2.24) is 4.90 Å². The van der Waals surface area contributed by atoms with Gasteiger partial charge < -0.3 is 15.1 Å². The minimum Gasteiger partial charge on any atom is -0.365 e. The Labute approximate surface area is 214 Å². The van der Waals surface area contributed by atoms with Gasteiger partial charge in [-0.25, -0.2) is 0 Å². The predicted molar refractivity (Wildman–Crippen MR) is 142 cm³/mol.